The predicted octanol–water partition coefficient (Wildman–Crippen LogP) is 3.11. The van der Waals surface area contributed by atoms with Crippen molar-refractivity contribution in [1.82, 2.24) is 4.90 Å². The third kappa shape index (κ3) is 3.73. The van der Waals surface area contributed by atoms with Crippen molar-refractivity contribution in [3.05, 3.63) is 87.6 Å². The first-order valence-electron chi connectivity index (χ1n) is 8.96. The van der Waals surface area contributed by atoms with Crippen molar-refractivity contribution >= 4 is 27.3 Å². The van der Waals surface area contributed by atoms with Crippen LogP contribution in [0.1, 0.15) is 27.6 Å². The van der Waals surface area contributed by atoms with Gasteiger partial charge in [0.05, 0.1) is 17.4 Å². The van der Waals surface area contributed by atoms with E-state index in [1.165, 1.54) is 22.6 Å². The molecule has 1 aromatic heterocycles. The number of amides is 1. The van der Waals surface area contributed by atoms with E-state index in [1.54, 1.807) is 23.5 Å². The molecule has 2 aromatic carbocycles. The normalized spacial score (nSPS) is 16.6. The van der Waals surface area contributed by atoms with Gasteiger partial charge in [0.2, 0.25) is 15.9 Å². The molecule has 0 saturated carbocycles. The standard InChI is InChI=1S/C21H20N2O3S2/c22-28(25,26)17-8-6-15(7-9-17)14-20(24)23-12-10-19-18(11-13-27-19)21(23)16-4-2-1-3-5-16/h1-9,11,13,21H,10,12,14H2,(H2,22,25,26). The zero-order valence-corrected chi connectivity index (χ0v) is 16.7. The molecule has 4 rings (SSSR count). The van der Waals surface area contributed by atoms with Gasteiger partial charge in [-0.3, -0.25) is 4.79 Å². The Kier molecular flexibility index (Phi) is 5.05. The Morgan fingerprint density at radius 2 is 1.79 bits per heavy atom. The number of nitrogens with two attached hydrogens (primary N) is 1. The number of benzene rings is 2. The smallest absolute Gasteiger partial charge is 0.238 e. The van der Waals surface area contributed by atoms with Gasteiger partial charge in [-0.25, -0.2) is 13.6 Å². The molecule has 0 aliphatic carbocycles. The lowest BCUT2D eigenvalue weighted by atomic mass is 9.92. The molecule has 2 heterocycles. The minimum atomic E-state index is -3.73. The molecular formula is C21H20N2O3S2. The van der Waals surface area contributed by atoms with Crippen LogP contribution in [-0.2, 0) is 27.7 Å². The van der Waals surface area contributed by atoms with Crippen molar-refractivity contribution < 1.29 is 13.2 Å². The van der Waals surface area contributed by atoms with Gasteiger partial charge in [-0.1, -0.05) is 42.5 Å². The monoisotopic (exact) mass is 412 g/mol. The molecule has 3 aromatic rings. The van der Waals surface area contributed by atoms with Crippen LogP contribution in [-0.4, -0.2) is 25.8 Å². The quantitative estimate of drug-likeness (QED) is 0.715. The predicted molar refractivity (Wildman–Crippen MR) is 110 cm³/mol. The maximum absolute atomic E-state index is 13.2. The van der Waals surface area contributed by atoms with E-state index in [-0.39, 0.29) is 23.3 Å². The van der Waals surface area contributed by atoms with Crippen LogP contribution in [0.15, 0.2) is 70.9 Å². The topological polar surface area (TPSA) is 80.5 Å². The Bertz CT molecular complexity index is 1090. The van der Waals surface area contributed by atoms with Gasteiger partial charge in [0, 0.05) is 11.4 Å². The summed E-state index contributed by atoms with van der Waals surface area (Å²) in [5.41, 5.74) is 3.06. The maximum Gasteiger partial charge on any atom is 0.238 e. The lowest BCUT2D eigenvalue weighted by molar-refractivity contribution is -0.132. The minimum Gasteiger partial charge on any atom is -0.331 e. The van der Waals surface area contributed by atoms with Crippen LogP contribution in [0.3, 0.4) is 0 Å². The molecule has 0 bridgehead atoms. The Hall–Kier alpha value is -2.48. The highest BCUT2D eigenvalue weighted by Crippen LogP contribution is 2.38. The van der Waals surface area contributed by atoms with Crippen LogP contribution in [0.25, 0.3) is 0 Å². The summed E-state index contributed by atoms with van der Waals surface area (Å²) in [6.45, 7) is 0.668. The van der Waals surface area contributed by atoms with Gasteiger partial charge in [0.1, 0.15) is 0 Å². The lowest BCUT2D eigenvalue weighted by Crippen LogP contribution is -2.40. The molecule has 1 atom stereocenters. The summed E-state index contributed by atoms with van der Waals surface area (Å²) >= 11 is 1.74. The van der Waals surface area contributed by atoms with Crippen LogP contribution < -0.4 is 5.14 Å². The second kappa shape index (κ2) is 7.50. The summed E-state index contributed by atoms with van der Waals surface area (Å²) in [5, 5.41) is 7.22. The third-order valence-electron chi connectivity index (χ3n) is 5.01. The van der Waals surface area contributed by atoms with Crippen molar-refractivity contribution in [1.29, 1.82) is 0 Å². The summed E-state index contributed by atoms with van der Waals surface area (Å²) in [5.74, 6) is 0.0223. The Labute approximate surface area is 168 Å². The van der Waals surface area contributed by atoms with Gasteiger partial charge in [-0.05, 0) is 46.7 Å². The maximum atomic E-state index is 13.2. The van der Waals surface area contributed by atoms with Gasteiger partial charge in [0.15, 0.2) is 0 Å². The molecule has 2 N–H and O–H groups in total. The summed E-state index contributed by atoms with van der Waals surface area (Å²) in [6, 6.07) is 18.3. The summed E-state index contributed by atoms with van der Waals surface area (Å²) in [4.78, 5) is 16.5. The molecule has 0 spiro atoms. The molecule has 1 amide bonds. The Morgan fingerprint density at radius 3 is 2.46 bits per heavy atom. The van der Waals surface area contributed by atoms with Gasteiger partial charge in [-0.2, -0.15) is 0 Å². The molecule has 1 unspecified atom stereocenters. The number of fused-ring (bicyclic) bond motifs is 1. The summed E-state index contributed by atoms with van der Waals surface area (Å²) in [6.07, 6.45) is 1.07. The van der Waals surface area contributed by atoms with E-state index in [2.05, 4.69) is 23.6 Å². The SMILES string of the molecule is NS(=O)(=O)c1ccc(CC(=O)N2CCc3sccc3C2c2ccccc2)cc1. The summed E-state index contributed by atoms with van der Waals surface area (Å²) < 4.78 is 22.8. The third-order valence-corrected chi connectivity index (χ3v) is 6.93. The largest absolute Gasteiger partial charge is 0.331 e. The average molecular weight is 413 g/mol. The molecule has 28 heavy (non-hydrogen) atoms. The fraction of sp³-hybridized carbons (Fsp3) is 0.190. The van der Waals surface area contributed by atoms with E-state index in [1.807, 2.05) is 23.1 Å². The minimum absolute atomic E-state index is 0.0223. The van der Waals surface area contributed by atoms with Crippen molar-refractivity contribution in [2.24, 2.45) is 5.14 Å². The van der Waals surface area contributed by atoms with E-state index < -0.39 is 10.0 Å². The molecule has 0 saturated heterocycles. The second-order valence-corrected chi connectivity index (χ2v) is 9.38. The number of sulfonamides is 1. The van der Waals surface area contributed by atoms with Gasteiger partial charge in [0.25, 0.3) is 0 Å². The fourth-order valence-corrected chi connectivity index (χ4v) is 5.07. The molecule has 0 radical (unpaired) electrons. The highest BCUT2D eigenvalue weighted by molar-refractivity contribution is 7.89. The van der Waals surface area contributed by atoms with Crippen molar-refractivity contribution in [3.63, 3.8) is 0 Å². The highest BCUT2D eigenvalue weighted by atomic mass is 32.2. The molecule has 1 aliphatic heterocycles. The van der Waals surface area contributed by atoms with Crippen LogP contribution >= 0.6 is 11.3 Å². The number of hydrogen-bond donors (Lipinski definition) is 1. The number of nitrogens with zero attached hydrogens (tertiary/aromatic N) is 1. The Morgan fingerprint density at radius 1 is 1.07 bits per heavy atom. The highest BCUT2D eigenvalue weighted by Gasteiger charge is 2.32. The fourth-order valence-electron chi connectivity index (χ4n) is 3.65. The first-order chi connectivity index (χ1) is 13.4. The number of carbonyl (C=O) groups excluding carboxylic acids is 1. The first kappa shape index (κ1) is 18.9. The second-order valence-electron chi connectivity index (χ2n) is 6.82. The van der Waals surface area contributed by atoms with Crippen LogP contribution in [0, 0.1) is 0 Å². The van der Waals surface area contributed by atoms with E-state index in [4.69, 9.17) is 5.14 Å². The van der Waals surface area contributed by atoms with E-state index in [0.717, 1.165) is 17.5 Å². The molecule has 5 nitrogen and oxygen atoms in total. The zero-order chi connectivity index (χ0) is 19.7. The number of hydrogen-bond acceptors (Lipinski definition) is 4. The van der Waals surface area contributed by atoms with E-state index >= 15 is 0 Å². The Balaban J connectivity index is 1.61. The zero-order valence-electron chi connectivity index (χ0n) is 15.1. The van der Waals surface area contributed by atoms with Crippen LogP contribution in [0.5, 0.6) is 0 Å². The number of primary sulfonamides is 1. The van der Waals surface area contributed by atoms with Crippen LogP contribution in [0.2, 0.25) is 0 Å². The number of carbonyl (C=O) groups is 1. The first-order valence-corrected chi connectivity index (χ1v) is 11.4. The van der Waals surface area contributed by atoms with Crippen LogP contribution in [0.4, 0.5) is 0 Å². The molecule has 7 heteroatoms. The molecule has 0 fully saturated rings. The van der Waals surface area contributed by atoms with Crippen molar-refractivity contribution in [2.75, 3.05) is 6.54 Å². The molecule has 1 aliphatic rings. The molecule has 144 valence electrons. The van der Waals surface area contributed by atoms with Crippen molar-refractivity contribution in [3.8, 4) is 0 Å². The molecular weight excluding hydrogens is 392 g/mol. The van der Waals surface area contributed by atoms with Gasteiger partial charge >= 0.3 is 0 Å². The van der Waals surface area contributed by atoms with Gasteiger partial charge in [-0.15, -0.1) is 11.3 Å². The van der Waals surface area contributed by atoms with E-state index in [0.29, 0.717) is 6.54 Å². The average Bonchev–Trinajstić information content (AvgIpc) is 3.16. The van der Waals surface area contributed by atoms with E-state index in [9.17, 15) is 13.2 Å². The number of thiophene rings is 1. The van der Waals surface area contributed by atoms with Crippen molar-refractivity contribution in [2.45, 2.75) is 23.8 Å². The number of rotatable bonds is 4. The van der Waals surface area contributed by atoms with Gasteiger partial charge < -0.3 is 4.90 Å². The lowest BCUT2D eigenvalue weighted by Gasteiger charge is -2.36. The summed E-state index contributed by atoms with van der Waals surface area (Å²) in [7, 11) is -3.73.